The van der Waals surface area contributed by atoms with Gasteiger partial charge in [-0.25, -0.2) is 0 Å². The Kier molecular flexibility index (Phi) is 5.80. The SMILES string of the molecule is CCN(CCO)c1ccc(C=NNc2ccccc2)c(O)c1. The van der Waals surface area contributed by atoms with Crippen molar-refractivity contribution in [2.45, 2.75) is 6.92 Å². The first kappa shape index (κ1) is 15.9. The zero-order valence-corrected chi connectivity index (χ0v) is 12.6. The van der Waals surface area contributed by atoms with Gasteiger partial charge in [0.1, 0.15) is 5.75 Å². The maximum atomic E-state index is 10.1. The molecule has 0 heterocycles. The maximum absolute atomic E-state index is 10.1. The van der Waals surface area contributed by atoms with Gasteiger partial charge in [-0.3, -0.25) is 5.43 Å². The van der Waals surface area contributed by atoms with Crippen molar-refractivity contribution in [2.75, 3.05) is 30.0 Å². The van der Waals surface area contributed by atoms with Crippen molar-refractivity contribution < 1.29 is 10.2 Å². The molecule has 0 amide bonds. The Balaban J connectivity index is 2.06. The molecule has 5 nitrogen and oxygen atoms in total. The van der Waals surface area contributed by atoms with Gasteiger partial charge in [0.05, 0.1) is 18.5 Å². The fourth-order valence-electron chi connectivity index (χ4n) is 2.12. The zero-order valence-electron chi connectivity index (χ0n) is 12.6. The minimum atomic E-state index is 0.0822. The average molecular weight is 299 g/mol. The third-order valence-electron chi connectivity index (χ3n) is 3.30. The number of hydrogen-bond donors (Lipinski definition) is 3. The summed E-state index contributed by atoms with van der Waals surface area (Å²) in [6.07, 6.45) is 1.58. The van der Waals surface area contributed by atoms with Crippen molar-refractivity contribution in [3.05, 3.63) is 54.1 Å². The van der Waals surface area contributed by atoms with E-state index in [0.717, 1.165) is 17.9 Å². The molecule has 0 saturated heterocycles. The van der Waals surface area contributed by atoms with E-state index in [1.54, 1.807) is 18.3 Å². The molecule has 0 unspecified atom stereocenters. The molecule has 116 valence electrons. The molecule has 0 atom stereocenters. The van der Waals surface area contributed by atoms with Gasteiger partial charge in [-0.2, -0.15) is 5.10 Å². The quantitative estimate of drug-likeness (QED) is 0.543. The molecular weight excluding hydrogens is 278 g/mol. The van der Waals surface area contributed by atoms with E-state index in [1.165, 1.54) is 0 Å². The van der Waals surface area contributed by atoms with E-state index >= 15 is 0 Å². The Bertz CT molecular complexity index is 615. The lowest BCUT2D eigenvalue weighted by molar-refractivity contribution is 0.302. The molecule has 5 heteroatoms. The summed E-state index contributed by atoms with van der Waals surface area (Å²) in [5.74, 6) is 0.160. The molecule has 0 bridgehead atoms. The molecule has 2 rings (SSSR count). The highest BCUT2D eigenvalue weighted by atomic mass is 16.3. The van der Waals surface area contributed by atoms with E-state index in [9.17, 15) is 5.11 Å². The molecule has 0 spiro atoms. The fraction of sp³-hybridized carbons (Fsp3) is 0.235. The van der Waals surface area contributed by atoms with Gasteiger partial charge in [0.25, 0.3) is 0 Å². The molecule has 2 aromatic carbocycles. The Hall–Kier alpha value is -2.53. The number of benzene rings is 2. The molecule has 0 aliphatic heterocycles. The molecule has 0 aromatic heterocycles. The van der Waals surface area contributed by atoms with E-state index in [4.69, 9.17) is 5.11 Å². The number of phenolic OH excluding ortho intramolecular Hbond substituents is 1. The van der Waals surface area contributed by atoms with Gasteiger partial charge in [0.15, 0.2) is 0 Å². The third kappa shape index (κ3) is 4.23. The molecule has 22 heavy (non-hydrogen) atoms. The van der Waals surface area contributed by atoms with E-state index in [-0.39, 0.29) is 12.4 Å². The fourth-order valence-corrected chi connectivity index (χ4v) is 2.12. The first-order chi connectivity index (χ1) is 10.7. The van der Waals surface area contributed by atoms with Crippen molar-refractivity contribution in [3.63, 3.8) is 0 Å². The monoisotopic (exact) mass is 299 g/mol. The number of nitrogens with zero attached hydrogens (tertiary/aromatic N) is 2. The normalized spacial score (nSPS) is 10.8. The predicted molar refractivity (Wildman–Crippen MR) is 90.7 cm³/mol. The van der Waals surface area contributed by atoms with Crippen molar-refractivity contribution in [1.29, 1.82) is 0 Å². The second-order valence-corrected chi connectivity index (χ2v) is 4.78. The molecule has 0 radical (unpaired) electrons. The molecule has 3 N–H and O–H groups in total. The summed E-state index contributed by atoms with van der Waals surface area (Å²) in [7, 11) is 0. The van der Waals surface area contributed by atoms with Crippen LogP contribution in [0.5, 0.6) is 5.75 Å². The number of aliphatic hydroxyl groups is 1. The number of hydrogen-bond acceptors (Lipinski definition) is 5. The first-order valence-electron chi connectivity index (χ1n) is 7.27. The van der Waals surface area contributed by atoms with Gasteiger partial charge in [-0.15, -0.1) is 0 Å². The standard InChI is InChI=1S/C17H21N3O2/c1-2-20(10-11-21)16-9-8-14(17(22)12-16)13-18-19-15-6-4-3-5-7-15/h3-9,12-13,19,21-22H,2,10-11H2,1H3. The van der Waals surface area contributed by atoms with Crippen LogP contribution >= 0.6 is 0 Å². The van der Waals surface area contributed by atoms with Gasteiger partial charge in [0.2, 0.25) is 0 Å². The van der Waals surface area contributed by atoms with Crippen LogP contribution < -0.4 is 10.3 Å². The van der Waals surface area contributed by atoms with Crippen LogP contribution in [0.15, 0.2) is 53.6 Å². The highest BCUT2D eigenvalue weighted by Crippen LogP contribution is 2.23. The van der Waals surface area contributed by atoms with Crippen molar-refractivity contribution in [3.8, 4) is 5.75 Å². The molecule has 0 aliphatic carbocycles. The van der Waals surface area contributed by atoms with Crippen LogP contribution in [0.4, 0.5) is 11.4 Å². The van der Waals surface area contributed by atoms with Gasteiger partial charge >= 0.3 is 0 Å². The number of para-hydroxylation sites is 1. The van der Waals surface area contributed by atoms with Crippen LogP contribution in [0, 0.1) is 0 Å². The number of nitrogens with one attached hydrogen (secondary N) is 1. The van der Waals surface area contributed by atoms with Gasteiger partial charge in [-0.1, -0.05) is 18.2 Å². The lowest BCUT2D eigenvalue weighted by Crippen LogP contribution is -2.26. The number of phenols is 1. The third-order valence-corrected chi connectivity index (χ3v) is 3.30. The zero-order chi connectivity index (χ0) is 15.8. The Morgan fingerprint density at radius 2 is 1.95 bits per heavy atom. The summed E-state index contributed by atoms with van der Waals surface area (Å²) < 4.78 is 0. The molecular formula is C17H21N3O2. The first-order valence-corrected chi connectivity index (χ1v) is 7.27. The van der Waals surface area contributed by atoms with Gasteiger partial charge < -0.3 is 15.1 Å². The molecule has 2 aromatic rings. The van der Waals surface area contributed by atoms with Crippen LogP contribution in [-0.2, 0) is 0 Å². The second kappa shape index (κ2) is 8.05. The van der Waals surface area contributed by atoms with E-state index in [1.807, 2.05) is 48.2 Å². The Labute approximate surface area is 130 Å². The number of aliphatic hydroxyl groups excluding tert-OH is 1. The smallest absolute Gasteiger partial charge is 0.126 e. The summed E-state index contributed by atoms with van der Waals surface area (Å²) >= 11 is 0. The topological polar surface area (TPSA) is 68.1 Å². The summed E-state index contributed by atoms with van der Waals surface area (Å²) in [5.41, 5.74) is 5.30. The van der Waals surface area contributed by atoms with Crippen LogP contribution in [0.25, 0.3) is 0 Å². The number of hydrazone groups is 1. The lowest BCUT2D eigenvalue weighted by Gasteiger charge is -2.22. The largest absolute Gasteiger partial charge is 0.507 e. The van der Waals surface area contributed by atoms with E-state index in [0.29, 0.717) is 12.1 Å². The molecule has 0 fully saturated rings. The minimum absolute atomic E-state index is 0.0822. The lowest BCUT2D eigenvalue weighted by atomic mass is 10.2. The average Bonchev–Trinajstić information content (AvgIpc) is 2.55. The highest BCUT2D eigenvalue weighted by molar-refractivity contribution is 5.85. The van der Waals surface area contributed by atoms with E-state index < -0.39 is 0 Å². The van der Waals surface area contributed by atoms with Crippen LogP contribution in [0.3, 0.4) is 0 Å². The van der Waals surface area contributed by atoms with Gasteiger partial charge in [0, 0.05) is 30.4 Å². The van der Waals surface area contributed by atoms with Gasteiger partial charge in [-0.05, 0) is 31.2 Å². The Morgan fingerprint density at radius 1 is 1.18 bits per heavy atom. The van der Waals surface area contributed by atoms with Crippen LogP contribution in [0.1, 0.15) is 12.5 Å². The van der Waals surface area contributed by atoms with E-state index in [2.05, 4.69) is 10.5 Å². The van der Waals surface area contributed by atoms with Crippen LogP contribution in [0.2, 0.25) is 0 Å². The summed E-state index contributed by atoms with van der Waals surface area (Å²) in [4.78, 5) is 1.99. The minimum Gasteiger partial charge on any atom is -0.507 e. The highest BCUT2D eigenvalue weighted by Gasteiger charge is 2.06. The van der Waals surface area contributed by atoms with Crippen molar-refractivity contribution in [2.24, 2.45) is 5.10 Å². The molecule has 0 aliphatic rings. The maximum Gasteiger partial charge on any atom is 0.126 e. The summed E-state index contributed by atoms with van der Waals surface area (Å²) in [6, 6.07) is 15.0. The number of rotatable bonds is 7. The molecule has 0 saturated carbocycles. The predicted octanol–water partition coefficient (Wildman–Crippen LogP) is 2.66. The number of anilines is 2. The van der Waals surface area contributed by atoms with Crippen LogP contribution in [-0.4, -0.2) is 36.1 Å². The second-order valence-electron chi connectivity index (χ2n) is 4.78. The Morgan fingerprint density at radius 3 is 2.59 bits per heavy atom. The number of aromatic hydroxyl groups is 1. The summed E-state index contributed by atoms with van der Waals surface area (Å²) in [6.45, 7) is 3.40. The van der Waals surface area contributed by atoms with Crippen molar-refractivity contribution >= 4 is 17.6 Å². The van der Waals surface area contributed by atoms with Crippen molar-refractivity contribution in [1.82, 2.24) is 0 Å². The summed E-state index contributed by atoms with van der Waals surface area (Å²) in [5, 5.41) is 23.3. The number of likely N-dealkylation sites (N-methyl/N-ethyl adjacent to an activating group) is 1.